The molecule has 0 aromatic carbocycles. The summed E-state index contributed by atoms with van der Waals surface area (Å²) in [5.74, 6) is 0. The highest BCUT2D eigenvalue weighted by molar-refractivity contribution is 6.31. The summed E-state index contributed by atoms with van der Waals surface area (Å²) in [6, 6.07) is 3.85. The molecule has 0 spiro atoms. The molecule has 1 heterocycles. The van der Waals surface area contributed by atoms with Gasteiger partial charge in [-0.15, -0.1) is 0 Å². The largest absolute Gasteiger partial charge is 0.383 e. The third kappa shape index (κ3) is 5.03. The molecular formula is C12H19ClN2. The maximum atomic E-state index is 5.91. The number of halogens is 1. The van der Waals surface area contributed by atoms with Gasteiger partial charge in [0.25, 0.3) is 0 Å². The quantitative estimate of drug-likeness (QED) is 0.559. The zero-order valence-corrected chi connectivity index (χ0v) is 10.1. The van der Waals surface area contributed by atoms with Gasteiger partial charge < -0.3 is 5.32 Å². The first-order valence-corrected chi connectivity index (χ1v) is 6.06. The van der Waals surface area contributed by atoms with E-state index < -0.39 is 0 Å². The molecular weight excluding hydrogens is 208 g/mol. The second-order valence-corrected chi connectivity index (χ2v) is 4.04. The Labute approximate surface area is 97.1 Å². The van der Waals surface area contributed by atoms with E-state index in [-0.39, 0.29) is 0 Å². The van der Waals surface area contributed by atoms with Crippen molar-refractivity contribution in [3.8, 4) is 0 Å². The van der Waals surface area contributed by atoms with Gasteiger partial charge in [-0.25, -0.2) is 4.98 Å². The molecule has 0 radical (unpaired) electrons. The molecule has 3 heteroatoms. The topological polar surface area (TPSA) is 24.9 Å². The Hall–Kier alpha value is -0.760. The zero-order valence-electron chi connectivity index (χ0n) is 9.30. The van der Waals surface area contributed by atoms with Crippen LogP contribution in [-0.4, -0.2) is 11.5 Å². The molecule has 2 nitrogen and oxygen atoms in total. The van der Waals surface area contributed by atoms with Gasteiger partial charge >= 0.3 is 0 Å². The number of nitrogens with zero attached hydrogens (tertiary/aromatic N) is 1. The van der Waals surface area contributed by atoms with Crippen LogP contribution in [0.4, 0.5) is 5.69 Å². The van der Waals surface area contributed by atoms with Crippen LogP contribution in [0.15, 0.2) is 18.3 Å². The predicted molar refractivity (Wildman–Crippen MR) is 66.5 cm³/mol. The van der Waals surface area contributed by atoms with E-state index in [1.165, 1.54) is 32.1 Å². The predicted octanol–water partition coefficient (Wildman–Crippen LogP) is 4.12. The normalized spacial score (nSPS) is 10.3. The van der Waals surface area contributed by atoms with Crippen molar-refractivity contribution in [2.45, 2.75) is 39.0 Å². The van der Waals surface area contributed by atoms with Crippen LogP contribution in [0, 0.1) is 0 Å². The minimum atomic E-state index is 0.561. The van der Waals surface area contributed by atoms with Crippen molar-refractivity contribution in [2.75, 3.05) is 11.9 Å². The molecule has 0 amide bonds. The van der Waals surface area contributed by atoms with Crippen molar-refractivity contribution >= 4 is 17.3 Å². The Morgan fingerprint density at radius 3 is 2.80 bits per heavy atom. The standard InChI is InChI=1S/C12H19ClN2/c1-2-3-4-5-6-9-14-11-8-7-10-15-12(11)13/h7-8,10,14H,2-6,9H2,1H3. The summed E-state index contributed by atoms with van der Waals surface area (Å²) in [4.78, 5) is 4.01. The van der Waals surface area contributed by atoms with Crippen molar-refractivity contribution in [3.63, 3.8) is 0 Å². The first-order chi connectivity index (χ1) is 7.34. The fourth-order valence-corrected chi connectivity index (χ4v) is 1.66. The Morgan fingerprint density at radius 1 is 1.27 bits per heavy atom. The minimum absolute atomic E-state index is 0.561. The lowest BCUT2D eigenvalue weighted by molar-refractivity contribution is 0.645. The fourth-order valence-electron chi connectivity index (χ4n) is 1.47. The highest BCUT2D eigenvalue weighted by atomic mass is 35.5. The van der Waals surface area contributed by atoms with Crippen LogP contribution in [0.25, 0.3) is 0 Å². The lowest BCUT2D eigenvalue weighted by Crippen LogP contribution is -2.02. The van der Waals surface area contributed by atoms with Crippen molar-refractivity contribution in [3.05, 3.63) is 23.5 Å². The van der Waals surface area contributed by atoms with E-state index >= 15 is 0 Å². The van der Waals surface area contributed by atoms with Crippen LogP contribution in [0.1, 0.15) is 39.0 Å². The van der Waals surface area contributed by atoms with Crippen LogP contribution >= 0.6 is 11.6 Å². The number of hydrogen-bond acceptors (Lipinski definition) is 2. The van der Waals surface area contributed by atoms with Gasteiger partial charge in [0.05, 0.1) is 5.69 Å². The number of nitrogens with one attached hydrogen (secondary N) is 1. The summed E-state index contributed by atoms with van der Waals surface area (Å²) in [6.07, 6.45) is 8.16. The van der Waals surface area contributed by atoms with E-state index in [0.29, 0.717) is 5.15 Å². The number of anilines is 1. The van der Waals surface area contributed by atoms with Gasteiger partial charge in [0.2, 0.25) is 0 Å². The molecule has 1 aromatic rings. The van der Waals surface area contributed by atoms with Crippen molar-refractivity contribution in [1.82, 2.24) is 4.98 Å². The van der Waals surface area contributed by atoms with Gasteiger partial charge in [0, 0.05) is 12.7 Å². The maximum Gasteiger partial charge on any atom is 0.152 e. The van der Waals surface area contributed by atoms with E-state index in [0.717, 1.165) is 12.2 Å². The third-order valence-corrected chi connectivity index (χ3v) is 2.66. The highest BCUT2D eigenvalue weighted by Crippen LogP contribution is 2.17. The summed E-state index contributed by atoms with van der Waals surface area (Å²) in [5, 5.41) is 3.86. The molecule has 0 unspecified atom stereocenters. The van der Waals surface area contributed by atoms with Crippen molar-refractivity contribution in [1.29, 1.82) is 0 Å². The monoisotopic (exact) mass is 226 g/mol. The van der Waals surface area contributed by atoms with Crippen LogP contribution in [0.3, 0.4) is 0 Å². The molecule has 0 fully saturated rings. The second kappa shape index (κ2) is 7.52. The fraction of sp³-hybridized carbons (Fsp3) is 0.583. The van der Waals surface area contributed by atoms with E-state index in [2.05, 4.69) is 17.2 Å². The van der Waals surface area contributed by atoms with E-state index in [1.807, 2.05) is 12.1 Å². The average molecular weight is 227 g/mol. The second-order valence-electron chi connectivity index (χ2n) is 3.68. The minimum Gasteiger partial charge on any atom is -0.383 e. The first-order valence-electron chi connectivity index (χ1n) is 5.69. The molecule has 84 valence electrons. The van der Waals surface area contributed by atoms with Crippen LogP contribution in [0.5, 0.6) is 0 Å². The van der Waals surface area contributed by atoms with Gasteiger partial charge in [0.1, 0.15) is 0 Å². The summed E-state index contributed by atoms with van der Waals surface area (Å²) in [7, 11) is 0. The lowest BCUT2D eigenvalue weighted by Gasteiger charge is -2.06. The Balaban J connectivity index is 2.12. The maximum absolute atomic E-state index is 5.91. The number of aromatic nitrogens is 1. The summed E-state index contributed by atoms with van der Waals surface area (Å²) >= 11 is 5.91. The summed E-state index contributed by atoms with van der Waals surface area (Å²) < 4.78 is 0. The molecule has 0 aliphatic heterocycles. The van der Waals surface area contributed by atoms with E-state index in [4.69, 9.17) is 11.6 Å². The molecule has 0 aliphatic rings. The van der Waals surface area contributed by atoms with E-state index in [9.17, 15) is 0 Å². The molecule has 1 aromatic heterocycles. The molecule has 1 N–H and O–H groups in total. The van der Waals surface area contributed by atoms with Crippen molar-refractivity contribution < 1.29 is 0 Å². The Bertz CT molecular complexity index is 276. The van der Waals surface area contributed by atoms with Gasteiger partial charge in [-0.05, 0) is 18.6 Å². The smallest absolute Gasteiger partial charge is 0.152 e. The average Bonchev–Trinajstić information content (AvgIpc) is 2.25. The van der Waals surface area contributed by atoms with Crippen molar-refractivity contribution in [2.24, 2.45) is 0 Å². The number of hydrogen-bond donors (Lipinski definition) is 1. The molecule has 0 bridgehead atoms. The van der Waals surface area contributed by atoms with Crippen LogP contribution in [0.2, 0.25) is 5.15 Å². The SMILES string of the molecule is CCCCCCCNc1cccnc1Cl. The number of unbranched alkanes of at least 4 members (excludes halogenated alkanes) is 4. The first kappa shape index (κ1) is 12.3. The van der Waals surface area contributed by atoms with Gasteiger partial charge in [-0.3, -0.25) is 0 Å². The zero-order chi connectivity index (χ0) is 10.9. The Morgan fingerprint density at radius 2 is 2.07 bits per heavy atom. The number of rotatable bonds is 7. The molecule has 0 aliphatic carbocycles. The molecule has 1 rings (SSSR count). The number of pyridine rings is 1. The molecule has 0 atom stereocenters. The van der Waals surface area contributed by atoms with E-state index in [1.54, 1.807) is 6.20 Å². The van der Waals surface area contributed by atoms with Gasteiger partial charge in [-0.2, -0.15) is 0 Å². The highest BCUT2D eigenvalue weighted by Gasteiger charge is 1.97. The lowest BCUT2D eigenvalue weighted by atomic mass is 10.1. The summed E-state index contributed by atoms with van der Waals surface area (Å²) in [5.41, 5.74) is 0.939. The molecule has 0 saturated heterocycles. The van der Waals surface area contributed by atoms with Crippen LogP contribution < -0.4 is 5.32 Å². The van der Waals surface area contributed by atoms with Gasteiger partial charge in [0.15, 0.2) is 5.15 Å². The van der Waals surface area contributed by atoms with Crippen LogP contribution in [-0.2, 0) is 0 Å². The summed E-state index contributed by atoms with van der Waals surface area (Å²) in [6.45, 7) is 3.21. The molecule has 0 saturated carbocycles. The Kier molecular flexibility index (Phi) is 6.17. The van der Waals surface area contributed by atoms with Gasteiger partial charge in [-0.1, -0.05) is 44.2 Å². The third-order valence-electron chi connectivity index (χ3n) is 2.35. The molecule has 15 heavy (non-hydrogen) atoms.